The predicted octanol–water partition coefficient (Wildman–Crippen LogP) is 1.57. The molecule has 0 radical (unpaired) electrons. The molecule has 3 N–H and O–H groups in total. The average molecular weight is 344 g/mol. The van der Waals surface area contributed by atoms with Crippen LogP contribution in [0.25, 0.3) is 0 Å². The maximum absolute atomic E-state index is 12.4. The number of nitrogens with zero attached hydrogens (tertiary/aromatic N) is 1. The van der Waals surface area contributed by atoms with Crippen LogP contribution in [0.1, 0.15) is 42.9 Å². The van der Waals surface area contributed by atoms with Crippen LogP contribution in [-0.2, 0) is 11.2 Å². The summed E-state index contributed by atoms with van der Waals surface area (Å²) >= 11 is 0. The molecule has 0 bridgehead atoms. The van der Waals surface area contributed by atoms with E-state index in [1.807, 2.05) is 6.07 Å². The second-order valence-corrected chi connectivity index (χ2v) is 6.97. The maximum Gasteiger partial charge on any atom is 0.314 e. The number of likely N-dealkylation sites (tertiary alicyclic amines) is 1. The molecule has 1 aliphatic heterocycles. The first kappa shape index (κ1) is 17.7. The normalized spacial score (nSPS) is 22.9. The van der Waals surface area contributed by atoms with E-state index in [1.165, 1.54) is 11.1 Å². The van der Waals surface area contributed by atoms with Gasteiger partial charge >= 0.3 is 6.03 Å². The zero-order chi connectivity index (χ0) is 17.6. The van der Waals surface area contributed by atoms with Gasteiger partial charge in [-0.2, -0.15) is 0 Å². The molecule has 6 nitrogen and oxygen atoms in total. The van der Waals surface area contributed by atoms with Crippen LogP contribution in [-0.4, -0.2) is 49.6 Å². The molecule has 3 amide bonds. The molecule has 1 fully saturated rings. The molecular formula is C19H28N4O2. The van der Waals surface area contributed by atoms with E-state index < -0.39 is 0 Å². The first-order chi connectivity index (χ1) is 12.2. The molecule has 1 aromatic rings. The smallest absolute Gasteiger partial charge is 0.314 e. The number of nitrogens with one attached hydrogen (secondary N) is 3. The van der Waals surface area contributed by atoms with Crippen molar-refractivity contribution < 1.29 is 9.59 Å². The third kappa shape index (κ3) is 4.72. The van der Waals surface area contributed by atoms with Gasteiger partial charge in [-0.25, -0.2) is 4.79 Å². The van der Waals surface area contributed by atoms with Gasteiger partial charge in [0.25, 0.3) is 0 Å². The van der Waals surface area contributed by atoms with Gasteiger partial charge in [0.15, 0.2) is 0 Å². The maximum atomic E-state index is 12.4. The summed E-state index contributed by atoms with van der Waals surface area (Å²) in [6, 6.07) is 8.60. The number of hydrogen-bond acceptors (Lipinski definition) is 3. The van der Waals surface area contributed by atoms with Gasteiger partial charge in [-0.1, -0.05) is 24.3 Å². The fourth-order valence-corrected chi connectivity index (χ4v) is 3.84. The molecule has 1 aromatic carbocycles. The molecule has 2 aliphatic rings. The lowest BCUT2D eigenvalue weighted by Crippen LogP contribution is -2.42. The number of amides is 3. The Labute approximate surface area is 149 Å². The molecule has 1 heterocycles. The number of benzene rings is 1. The molecule has 1 aliphatic carbocycles. The molecule has 3 rings (SSSR count). The van der Waals surface area contributed by atoms with Gasteiger partial charge in [0.05, 0.1) is 6.04 Å². The van der Waals surface area contributed by atoms with Gasteiger partial charge in [0, 0.05) is 39.1 Å². The standard InChI is InChI=1S/C19H28N4O2/c1-20-19(25)21-15-9-11-23(13-15)12-10-18(24)22-17-8-4-6-14-5-2-3-7-16(14)17/h2-3,5,7,15,17H,4,6,8-13H2,1H3,(H,22,24)(H2,20,21,25)/t15-,17-/m1/s1. The average Bonchev–Trinajstić information content (AvgIpc) is 3.07. The van der Waals surface area contributed by atoms with Crippen molar-refractivity contribution in [3.05, 3.63) is 35.4 Å². The van der Waals surface area contributed by atoms with Gasteiger partial charge in [-0.15, -0.1) is 0 Å². The Morgan fingerprint density at radius 3 is 2.88 bits per heavy atom. The van der Waals surface area contributed by atoms with Gasteiger partial charge in [0.2, 0.25) is 5.91 Å². The van der Waals surface area contributed by atoms with E-state index in [9.17, 15) is 9.59 Å². The molecule has 6 heteroatoms. The van der Waals surface area contributed by atoms with E-state index in [0.717, 1.165) is 45.3 Å². The Morgan fingerprint density at radius 1 is 1.20 bits per heavy atom. The minimum atomic E-state index is -0.138. The van der Waals surface area contributed by atoms with Gasteiger partial charge in [0.1, 0.15) is 0 Å². The summed E-state index contributed by atoms with van der Waals surface area (Å²) in [6.45, 7) is 2.48. The second-order valence-electron chi connectivity index (χ2n) is 6.97. The summed E-state index contributed by atoms with van der Waals surface area (Å²) < 4.78 is 0. The number of urea groups is 1. The van der Waals surface area contributed by atoms with Crippen molar-refractivity contribution in [1.82, 2.24) is 20.9 Å². The van der Waals surface area contributed by atoms with Crippen LogP contribution in [0.5, 0.6) is 0 Å². The minimum absolute atomic E-state index is 0.115. The number of fused-ring (bicyclic) bond motifs is 1. The fourth-order valence-electron chi connectivity index (χ4n) is 3.84. The Kier molecular flexibility index (Phi) is 5.91. The summed E-state index contributed by atoms with van der Waals surface area (Å²) in [6.07, 6.45) is 4.69. The van der Waals surface area contributed by atoms with E-state index >= 15 is 0 Å². The molecule has 1 saturated heterocycles. The van der Waals surface area contributed by atoms with Crippen LogP contribution in [0.2, 0.25) is 0 Å². The van der Waals surface area contributed by atoms with Crippen LogP contribution in [0.4, 0.5) is 4.79 Å². The molecule has 0 spiro atoms. The van der Waals surface area contributed by atoms with Crippen molar-refractivity contribution in [3.63, 3.8) is 0 Å². The van der Waals surface area contributed by atoms with E-state index in [0.29, 0.717) is 6.42 Å². The van der Waals surface area contributed by atoms with Crippen molar-refractivity contribution in [2.24, 2.45) is 0 Å². The summed E-state index contributed by atoms with van der Waals surface area (Å²) in [5.74, 6) is 0.115. The van der Waals surface area contributed by atoms with Gasteiger partial charge in [-0.3, -0.25) is 4.79 Å². The Bertz CT molecular complexity index is 619. The molecular weight excluding hydrogens is 316 g/mol. The highest BCUT2D eigenvalue weighted by Crippen LogP contribution is 2.29. The molecule has 25 heavy (non-hydrogen) atoms. The largest absolute Gasteiger partial charge is 0.349 e. The van der Waals surface area contributed by atoms with Crippen LogP contribution in [0.15, 0.2) is 24.3 Å². The zero-order valence-electron chi connectivity index (χ0n) is 14.9. The third-order valence-electron chi connectivity index (χ3n) is 5.19. The molecule has 0 unspecified atom stereocenters. The lowest BCUT2D eigenvalue weighted by atomic mass is 9.87. The highest BCUT2D eigenvalue weighted by atomic mass is 16.2. The van der Waals surface area contributed by atoms with Crippen molar-refractivity contribution >= 4 is 11.9 Å². The summed E-state index contributed by atoms with van der Waals surface area (Å²) in [7, 11) is 1.62. The monoisotopic (exact) mass is 344 g/mol. The Morgan fingerprint density at radius 2 is 2.04 bits per heavy atom. The Balaban J connectivity index is 1.43. The molecule has 2 atom stereocenters. The first-order valence-electron chi connectivity index (χ1n) is 9.23. The van der Waals surface area contributed by atoms with E-state index in [2.05, 4.69) is 39.0 Å². The van der Waals surface area contributed by atoms with Crippen molar-refractivity contribution in [1.29, 1.82) is 0 Å². The van der Waals surface area contributed by atoms with Crippen molar-refractivity contribution in [2.45, 2.75) is 44.2 Å². The first-order valence-corrected chi connectivity index (χ1v) is 9.23. The topological polar surface area (TPSA) is 73.5 Å². The van der Waals surface area contributed by atoms with Crippen LogP contribution in [0, 0.1) is 0 Å². The van der Waals surface area contributed by atoms with Crippen molar-refractivity contribution in [3.8, 4) is 0 Å². The van der Waals surface area contributed by atoms with E-state index in [1.54, 1.807) is 7.05 Å². The van der Waals surface area contributed by atoms with Crippen molar-refractivity contribution in [2.75, 3.05) is 26.7 Å². The third-order valence-corrected chi connectivity index (χ3v) is 5.19. The number of hydrogen-bond donors (Lipinski definition) is 3. The van der Waals surface area contributed by atoms with E-state index in [-0.39, 0.29) is 24.0 Å². The summed E-state index contributed by atoms with van der Waals surface area (Å²) in [4.78, 5) is 26.0. The lowest BCUT2D eigenvalue weighted by molar-refractivity contribution is -0.122. The number of carbonyl (C=O) groups excluding carboxylic acids is 2. The quantitative estimate of drug-likeness (QED) is 0.759. The van der Waals surface area contributed by atoms with Crippen LogP contribution >= 0.6 is 0 Å². The molecule has 0 aromatic heterocycles. The Hall–Kier alpha value is -2.08. The van der Waals surface area contributed by atoms with E-state index in [4.69, 9.17) is 0 Å². The molecule has 136 valence electrons. The molecule has 0 saturated carbocycles. The second kappa shape index (κ2) is 8.34. The highest BCUT2D eigenvalue weighted by Gasteiger charge is 2.25. The number of carbonyl (C=O) groups is 2. The zero-order valence-corrected chi connectivity index (χ0v) is 14.9. The van der Waals surface area contributed by atoms with Gasteiger partial charge in [-0.05, 0) is 36.8 Å². The number of aryl methyl sites for hydroxylation is 1. The number of rotatable bonds is 5. The minimum Gasteiger partial charge on any atom is -0.349 e. The SMILES string of the molecule is CNC(=O)N[C@@H]1CCN(CCC(=O)N[C@@H]2CCCc3ccccc32)C1. The highest BCUT2D eigenvalue weighted by molar-refractivity contribution is 5.76. The predicted molar refractivity (Wildman–Crippen MR) is 97.3 cm³/mol. The fraction of sp³-hybridized carbons (Fsp3) is 0.579. The summed E-state index contributed by atoms with van der Waals surface area (Å²) in [5.41, 5.74) is 2.64. The van der Waals surface area contributed by atoms with Gasteiger partial charge < -0.3 is 20.9 Å². The van der Waals surface area contributed by atoms with Crippen LogP contribution in [0.3, 0.4) is 0 Å². The van der Waals surface area contributed by atoms with Crippen LogP contribution < -0.4 is 16.0 Å². The summed E-state index contributed by atoms with van der Waals surface area (Å²) in [5, 5.41) is 8.71. The lowest BCUT2D eigenvalue weighted by Gasteiger charge is -2.26.